The van der Waals surface area contributed by atoms with Crippen LogP contribution in [0, 0.1) is 0 Å². The van der Waals surface area contributed by atoms with Crippen LogP contribution in [0.4, 0.5) is 34.1 Å². The average Bonchev–Trinajstić information content (AvgIpc) is 3.36. The van der Waals surface area contributed by atoms with Gasteiger partial charge in [-0.15, -0.1) is 0 Å². The number of rotatable bonds is 13. The van der Waals surface area contributed by atoms with E-state index in [9.17, 15) is 0 Å². The highest BCUT2D eigenvalue weighted by atomic mass is 15.1. The van der Waals surface area contributed by atoms with Gasteiger partial charge in [-0.3, -0.25) is 0 Å². The lowest BCUT2D eigenvalue weighted by molar-refractivity contribution is 1.04. The molecule has 298 valence electrons. The minimum atomic E-state index is 1.04. The zero-order valence-electron chi connectivity index (χ0n) is 34.8. The highest BCUT2D eigenvalue weighted by molar-refractivity contribution is 5.84. The SMILES string of the molecule is C=C/C=C(\C=C)c1ccc(N(c2ccc(-c3ccccc3)cc2)c2ccc(-c3ccc(N(c4ccc(C5=CCCC=C5)cc4)c4ccc(-c5ccccc5)cc4)cc3)cc2)cc1. The van der Waals surface area contributed by atoms with Crippen molar-refractivity contribution >= 4 is 45.3 Å². The summed E-state index contributed by atoms with van der Waals surface area (Å²) in [4.78, 5) is 4.65. The summed E-state index contributed by atoms with van der Waals surface area (Å²) in [7, 11) is 0. The molecule has 8 aromatic carbocycles. The van der Waals surface area contributed by atoms with Gasteiger partial charge in [0.1, 0.15) is 0 Å². The maximum absolute atomic E-state index is 4.01. The van der Waals surface area contributed by atoms with Crippen LogP contribution in [-0.2, 0) is 0 Å². The molecule has 2 heteroatoms. The fourth-order valence-corrected chi connectivity index (χ4v) is 8.21. The van der Waals surface area contributed by atoms with E-state index in [0.717, 1.165) is 69.2 Å². The molecule has 0 aliphatic heterocycles. The molecule has 0 spiro atoms. The number of hydrogen-bond donors (Lipinski definition) is 0. The number of allylic oxidation sites excluding steroid dienone is 8. The lowest BCUT2D eigenvalue weighted by Gasteiger charge is -2.27. The molecule has 0 N–H and O–H groups in total. The van der Waals surface area contributed by atoms with Crippen molar-refractivity contribution < 1.29 is 0 Å². The highest BCUT2D eigenvalue weighted by Gasteiger charge is 2.16. The van der Waals surface area contributed by atoms with Crippen LogP contribution in [0.1, 0.15) is 24.0 Å². The van der Waals surface area contributed by atoms with E-state index in [1.54, 1.807) is 6.08 Å². The molecule has 0 saturated heterocycles. The molecule has 0 radical (unpaired) electrons. The van der Waals surface area contributed by atoms with Crippen LogP contribution in [0.2, 0.25) is 0 Å². The van der Waals surface area contributed by atoms with Crippen molar-refractivity contribution in [1.82, 2.24) is 0 Å². The summed E-state index contributed by atoms with van der Waals surface area (Å²) < 4.78 is 0. The van der Waals surface area contributed by atoms with E-state index in [-0.39, 0.29) is 0 Å². The summed E-state index contributed by atoms with van der Waals surface area (Å²) in [5.41, 5.74) is 18.3. The van der Waals surface area contributed by atoms with Gasteiger partial charge in [-0.1, -0.05) is 183 Å². The van der Waals surface area contributed by atoms with Crippen molar-refractivity contribution in [3.05, 3.63) is 267 Å². The molecular formula is C60H48N2. The fraction of sp³-hybridized carbons (Fsp3) is 0.0333. The van der Waals surface area contributed by atoms with Crippen molar-refractivity contribution in [2.45, 2.75) is 12.8 Å². The molecule has 2 nitrogen and oxygen atoms in total. The summed E-state index contributed by atoms with van der Waals surface area (Å²) in [6, 6.07) is 74.1. The van der Waals surface area contributed by atoms with E-state index in [2.05, 4.69) is 247 Å². The zero-order valence-corrected chi connectivity index (χ0v) is 34.8. The summed E-state index contributed by atoms with van der Waals surface area (Å²) in [6.45, 7) is 7.90. The molecule has 0 bridgehead atoms. The topological polar surface area (TPSA) is 6.48 Å². The minimum absolute atomic E-state index is 1.04. The zero-order chi connectivity index (χ0) is 42.1. The molecular weight excluding hydrogens is 749 g/mol. The predicted molar refractivity (Wildman–Crippen MR) is 267 cm³/mol. The van der Waals surface area contributed by atoms with Gasteiger partial charge in [0.15, 0.2) is 0 Å². The van der Waals surface area contributed by atoms with Crippen molar-refractivity contribution in [1.29, 1.82) is 0 Å². The van der Waals surface area contributed by atoms with Crippen LogP contribution in [0.15, 0.2) is 256 Å². The van der Waals surface area contributed by atoms with E-state index >= 15 is 0 Å². The smallest absolute Gasteiger partial charge is 0.0462 e. The third-order valence-corrected chi connectivity index (χ3v) is 11.5. The van der Waals surface area contributed by atoms with Gasteiger partial charge in [-0.2, -0.15) is 0 Å². The molecule has 0 atom stereocenters. The Kier molecular flexibility index (Phi) is 11.8. The third-order valence-electron chi connectivity index (χ3n) is 11.5. The molecule has 1 aliphatic rings. The number of anilines is 6. The summed E-state index contributed by atoms with van der Waals surface area (Å²) >= 11 is 0. The molecule has 0 amide bonds. The monoisotopic (exact) mass is 796 g/mol. The number of nitrogens with zero attached hydrogens (tertiary/aromatic N) is 2. The Morgan fingerprint density at radius 3 is 1.03 bits per heavy atom. The Balaban J connectivity index is 1.03. The second-order valence-corrected chi connectivity index (χ2v) is 15.4. The van der Waals surface area contributed by atoms with E-state index in [4.69, 9.17) is 0 Å². The quantitative estimate of drug-likeness (QED) is 0.107. The average molecular weight is 797 g/mol. The van der Waals surface area contributed by atoms with Gasteiger partial charge >= 0.3 is 0 Å². The Labute approximate surface area is 366 Å². The van der Waals surface area contributed by atoms with Crippen LogP contribution in [0.3, 0.4) is 0 Å². The van der Waals surface area contributed by atoms with Crippen LogP contribution in [-0.4, -0.2) is 0 Å². The summed E-state index contributed by atoms with van der Waals surface area (Å²) in [5, 5.41) is 0. The molecule has 0 saturated carbocycles. The van der Waals surface area contributed by atoms with Crippen molar-refractivity contribution in [3.8, 4) is 33.4 Å². The van der Waals surface area contributed by atoms with Gasteiger partial charge in [0, 0.05) is 34.1 Å². The van der Waals surface area contributed by atoms with Gasteiger partial charge in [-0.05, 0) is 141 Å². The van der Waals surface area contributed by atoms with Gasteiger partial charge in [0.25, 0.3) is 0 Å². The Morgan fingerprint density at radius 2 is 0.710 bits per heavy atom. The van der Waals surface area contributed by atoms with Gasteiger partial charge < -0.3 is 9.80 Å². The minimum Gasteiger partial charge on any atom is -0.311 e. The normalized spacial score (nSPS) is 12.3. The first-order valence-corrected chi connectivity index (χ1v) is 21.3. The van der Waals surface area contributed by atoms with Gasteiger partial charge in [0.2, 0.25) is 0 Å². The molecule has 1 aliphatic carbocycles. The standard InChI is InChI=1S/C60H48N2/c1-3-14-45(4-2)49-21-33-55(34-22-49)61(56-35-23-50(24-36-56)46-15-8-5-9-16-46)59-41-29-53(30-42-59)54-31-43-60(44-32-54)62(57-37-25-51(26-38-57)47-17-10-6-11-18-47)58-39-27-52(28-40-58)48-19-12-7-13-20-48/h3-6,8-12,14-44H,1-2,7,13H2/b45-14+. The molecule has 9 rings (SSSR count). The lowest BCUT2D eigenvalue weighted by atomic mass is 9.99. The van der Waals surface area contributed by atoms with Crippen LogP contribution in [0.5, 0.6) is 0 Å². The first kappa shape index (κ1) is 39.5. The molecule has 0 heterocycles. The largest absolute Gasteiger partial charge is 0.311 e. The van der Waals surface area contributed by atoms with Crippen LogP contribution < -0.4 is 9.80 Å². The molecule has 8 aromatic rings. The highest BCUT2D eigenvalue weighted by Crippen LogP contribution is 2.40. The maximum atomic E-state index is 4.01. The maximum Gasteiger partial charge on any atom is 0.0462 e. The molecule has 0 unspecified atom stereocenters. The predicted octanol–water partition coefficient (Wildman–Crippen LogP) is 17.1. The first-order chi connectivity index (χ1) is 30.6. The van der Waals surface area contributed by atoms with Crippen molar-refractivity contribution in [3.63, 3.8) is 0 Å². The Morgan fingerprint density at radius 1 is 0.371 bits per heavy atom. The van der Waals surface area contributed by atoms with E-state index in [0.29, 0.717) is 0 Å². The second kappa shape index (κ2) is 18.5. The summed E-state index contributed by atoms with van der Waals surface area (Å²) in [6.07, 6.45) is 14.7. The Hall–Kier alpha value is -7.94. The number of benzene rings is 8. The van der Waals surface area contributed by atoms with Crippen LogP contribution in [0.25, 0.3) is 44.5 Å². The second-order valence-electron chi connectivity index (χ2n) is 15.4. The fourth-order valence-electron chi connectivity index (χ4n) is 8.21. The number of hydrogen-bond acceptors (Lipinski definition) is 2. The van der Waals surface area contributed by atoms with Crippen molar-refractivity contribution in [2.75, 3.05) is 9.80 Å². The van der Waals surface area contributed by atoms with E-state index in [1.165, 1.54) is 33.4 Å². The third kappa shape index (κ3) is 8.68. The first-order valence-electron chi connectivity index (χ1n) is 21.3. The van der Waals surface area contributed by atoms with E-state index in [1.807, 2.05) is 12.2 Å². The Bertz CT molecular complexity index is 2850. The van der Waals surface area contributed by atoms with Gasteiger partial charge in [0.05, 0.1) is 0 Å². The van der Waals surface area contributed by atoms with Crippen LogP contribution >= 0.6 is 0 Å². The van der Waals surface area contributed by atoms with Crippen molar-refractivity contribution in [2.24, 2.45) is 0 Å². The molecule has 62 heavy (non-hydrogen) atoms. The molecule has 0 aromatic heterocycles. The lowest BCUT2D eigenvalue weighted by Crippen LogP contribution is -2.10. The molecule has 0 fully saturated rings. The van der Waals surface area contributed by atoms with E-state index < -0.39 is 0 Å². The summed E-state index contributed by atoms with van der Waals surface area (Å²) in [5.74, 6) is 0. The van der Waals surface area contributed by atoms with Gasteiger partial charge in [-0.25, -0.2) is 0 Å².